The SMILES string of the molecule is N#Cc1cnc2c(c1)c(I)nn2PI. The van der Waals surface area contributed by atoms with E-state index in [1.54, 1.807) is 6.20 Å². The number of nitrogens with zero attached hydrogens (tertiary/aromatic N) is 4. The lowest BCUT2D eigenvalue weighted by molar-refractivity contribution is 1.00. The van der Waals surface area contributed by atoms with Gasteiger partial charge in [-0.2, -0.15) is 10.4 Å². The molecule has 0 spiro atoms. The third-order valence-corrected chi connectivity index (χ3v) is 4.33. The molecule has 2 rings (SSSR count). The van der Waals surface area contributed by atoms with E-state index in [1.807, 2.05) is 10.5 Å². The second-order valence-corrected chi connectivity index (χ2v) is 5.56. The lowest BCUT2D eigenvalue weighted by Crippen LogP contribution is -1.86. The van der Waals surface area contributed by atoms with E-state index in [-0.39, 0.29) is 0 Å². The number of nitriles is 1. The average Bonchev–Trinajstić information content (AvgIpc) is 2.55. The molecule has 2 aromatic heterocycles. The number of fused-ring (bicyclic) bond motifs is 1. The summed E-state index contributed by atoms with van der Waals surface area (Å²) in [5.41, 5.74) is 1.42. The predicted molar refractivity (Wildman–Crippen MR) is 72.7 cm³/mol. The second-order valence-electron chi connectivity index (χ2n) is 2.49. The lowest BCUT2D eigenvalue weighted by Gasteiger charge is -1.94. The average molecular weight is 428 g/mol. The molecular weight excluding hydrogens is 425 g/mol. The highest BCUT2D eigenvalue weighted by molar-refractivity contribution is 14.2. The van der Waals surface area contributed by atoms with Crippen molar-refractivity contribution in [1.29, 1.82) is 5.26 Å². The van der Waals surface area contributed by atoms with Gasteiger partial charge in [-0.1, -0.05) is 0 Å². The number of rotatable bonds is 1. The Bertz CT molecular complexity index is 530. The van der Waals surface area contributed by atoms with Gasteiger partial charge in [-0.25, -0.2) is 9.44 Å². The molecule has 0 saturated heterocycles. The molecule has 0 aliphatic carbocycles. The maximum absolute atomic E-state index is 8.73. The first-order valence-corrected chi connectivity index (χ1v) is 8.71. The van der Waals surface area contributed by atoms with Crippen LogP contribution in [0.15, 0.2) is 12.3 Å². The van der Waals surface area contributed by atoms with Gasteiger partial charge in [0.2, 0.25) is 0 Å². The van der Waals surface area contributed by atoms with Crippen LogP contribution in [0.25, 0.3) is 11.0 Å². The van der Waals surface area contributed by atoms with Crippen LogP contribution in [0, 0.1) is 15.0 Å². The second kappa shape index (κ2) is 4.24. The largest absolute Gasteiger partial charge is 0.235 e. The monoisotopic (exact) mass is 428 g/mol. The van der Waals surface area contributed by atoms with Crippen LogP contribution in [0.3, 0.4) is 0 Å². The van der Waals surface area contributed by atoms with Gasteiger partial charge in [-0.15, -0.1) is 0 Å². The van der Waals surface area contributed by atoms with Crippen LogP contribution in [-0.2, 0) is 0 Å². The van der Waals surface area contributed by atoms with Crippen molar-refractivity contribution >= 4 is 62.0 Å². The summed E-state index contributed by atoms with van der Waals surface area (Å²) >= 11 is 4.41. The molecule has 70 valence electrons. The van der Waals surface area contributed by atoms with E-state index in [4.69, 9.17) is 5.26 Å². The number of hydrogen-bond donors (Lipinski definition) is 0. The van der Waals surface area contributed by atoms with Gasteiger partial charge in [0.15, 0.2) is 5.65 Å². The molecule has 7 heteroatoms. The fourth-order valence-electron chi connectivity index (χ4n) is 1.09. The molecule has 0 amide bonds. The molecule has 4 nitrogen and oxygen atoms in total. The van der Waals surface area contributed by atoms with Crippen LogP contribution >= 0.6 is 51.0 Å². The zero-order chi connectivity index (χ0) is 10.1. The molecule has 0 N–H and O–H groups in total. The summed E-state index contributed by atoms with van der Waals surface area (Å²) in [5.74, 6) is 0. The van der Waals surface area contributed by atoms with Gasteiger partial charge in [-0.05, 0) is 50.7 Å². The molecule has 0 aliphatic rings. The Balaban J connectivity index is 2.78. The van der Waals surface area contributed by atoms with E-state index < -0.39 is 0 Å². The Labute approximate surface area is 109 Å². The molecule has 0 saturated carbocycles. The highest BCUT2D eigenvalue weighted by Gasteiger charge is 2.09. The Kier molecular flexibility index (Phi) is 3.19. The first-order chi connectivity index (χ1) is 6.76. The summed E-state index contributed by atoms with van der Waals surface area (Å²) < 4.78 is 2.74. The third-order valence-electron chi connectivity index (χ3n) is 1.69. The molecule has 0 radical (unpaired) electrons. The van der Waals surface area contributed by atoms with Gasteiger partial charge in [0.25, 0.3) is 0 Å². The maximum atomic E-state index is 8.73. The molecule has 0 aromatic carbocycles. The van der Waals surface area contributed by atoms with E-state index in [0.29, 0.717) is 11.9 Å². The third kappa shape index (κ3) is 1.73. The van der Waals surface area contributed by atoms with Gasteiger partial charge in [0.1, 0.15) is 9.77 Å². The number of hydrogen-bond acceptors (Lipinski definition) is 3. The molecule has 0 aliphatic heterocycles. The highest BCUT2D eigenvalue weighted by Crippen LogP contribution is 2.29. The lowest BCUT2D eigenvalue weighted by atomic mass is 10.2. The van der Waals surface area contributed by atoms with Crippen molar-refractivity contribution in [2.24, 2.45) is 0 Å². The van der Waals surface area contributed by atoms with E-state index in [9.17, 15) is 0 Å². The van der Waals surface area contributed by atoms with Crippen molar-refractivity contribution < 1.29 is 0 Å². The maximum Gasteiger partial charge on any atom is 0.163 e. The van der Waals surface area contributed by atoms with E-state index in [2.05, 4.69) is 60.8 Å². The van der Waals surface area contributed by atoms with Gasteiger partial charge < -0.3 is 0 Å². The van der Waals surface area contributed by atoms with Crippen molar-refractivity contribution in [2.75, 3.05) is 0 Å². The molecule has 1 unspecified atom stereocenters. The van der Waals surface area contributed by atoms with Crippen LogP contribution < -0.4 is 0 Å². The summed E-state index contributed by atoms with van der Waals surface area (Å²) in [4.78, 5) is 4.22. The normalized spacial score (nSPS) is 11.2. The van der Waals surface area contributed by atoms with E-state index >= 15 is 0 Å². The minimum atomic E-state index is 0.527. The highest BCUT2D eigenvalue weighted by atomic mass is 127. The molecule has 1 atom stereocenters. The van der Waals surface area contributed by atoms with Crippen molar-refractivity contribution in [3.05, 3.63) is 21.5 Å². The smallest absolute Gasteiger partial charge is 0.163 e. The minimum Gasteiger partial charge on any atom is -0.235 e. The van der Waals surface area contributed by atoms with Crippen LogP contribution in [0.1, 0.15) is 5.56 Å². The summed E-state index contributed by atoms with van der Waals surface area (Å²) in [5, 5.41) is 14.0. The summed E-state index contributed by atoms with van der Waals surface area (Å²) in [6.07, 6.45) is 2.10. The summed E-state index contributed by atoms with van der Waals surface area (Å²) in [6, 6.07) is 3.89. The minimum absolute atomic E-state index is 0.527. The fourth-order valence-corrected chi connectivity index (χ4v) is 3.31. The van der Waals surface area contributed by atoms with Crippen molar-refractivity contribution in [1.82, 2.24) is 14.5 Å². The fraction of sp³-hybridized carbons (Fsp3) is 0. The summed E-state index contributed by atoms with van der Waals surface area (Å²) in [7, 11) is 0. The van der Waals surface area contributed by atoms with E-state index in [1.165, 1.54) is 0 Å². The Hall–Kier alpha value is 0.000000000000000222. The molecule has 2 heterocycles. The van der Waals surface area contributed by atoms with Gasteiger partial charge in [-0.3, -0.25) is 0 Å². The molecule has 0 fully saturated rings. The number of halogens is 2. The van der Waals surface area contributed by atoms with Crippen LogP contribution in [0.2, 0.25) is 0 Å². The van der Waals surface area contributed by atoms with E-state index in [0.717, 1.165) is 14.7 Å². The van der Waals surface area contributed by atoms with Crippen LogP contribution in [0.5, 0.6) is 0 Å². The molecule has 14 heavy (non-hydrogen) atoms. The van der Waals surface area contributed by atoms with Crippen LogP contribution in [-0.4, -0.2) is 14.5 Å². The Morgan fingerprint density at radius 3 is 3.00 bits per heavy atom. The zero-order valence-corrected chi connectivity index (χ0v) is 12.0. The standard InChI is InChI=1S/C7H3I2N4P/c8-6-5-1-4(2-10)3-11-7(5)13(12-6)14-9/h1,3,14H. The first kappa shape index (κ1) is 10.5. The quantitative estimate of drug-likeness (QED) is 0.519. The number of aromatic nitrogens is 3. The van der Waals surface area contributed by atoms with Crippen molar-refractivity contribution in [3.8, 4) is 6.07 Å². The van der Waals surface area contributed by atoms with Crippen molar-refractivity contribution in [3.63, 3.8) is 0 Å². The molecule has 2 aromatic rings. The number of pyridine rings is 1. The topological polar surface area (TPSA) is 54.5 Å². The Morgan fingerprint density at radius 1 is 1.57 bits per heavy atom. The predicted octanol–water partition coefficient (Wildman–Crippen LogP) is 2.70. The zero-order valence-electron chi connectivity index (χ0n) is 6.70. The Morgan fingerprint density at radius 2 is 2.36 bits per heavy atom. The van der Waals surface area contributed by atoms with Gasteiger partial charge in [0, 0.05) is 6.20 Å². The molecule has 0 bridgehead atoms. The van der Waals surface area contributed by atoms with Gasteiger partial charge >= 0.3 is 0 Å². The summed E-state index contributed by atoms with van der Waals surface area (Å²) in [6.45, 7) is 0. The first-order valence-electron chi connectivity index (χ1n) is 3.57. The van der Waals surface area contributed by atoms with Crippen LogP contribution in [0.4, 0.5) is 0 Å². The molecular formula is C7H3I2N4P. The van der Waals surface area contributed by atoms with Gasteiger partial charge in [0.05, 0.1) is 17.3 Å². The van der Waals surface area contributed by atoms with Crippen molar-refractivity contribution in [2.45, 2.75) is 0 Å².